The Morgan fingerprint density at radius 3 is 2.11 bits per heavy atom. The maximum absolute atomic E-state index is 10.4. The molecule has 0 heterocycles. The van der Waals surface area contributed by atoms with Gasteiger partial charge < -0.3 is 4.74 Å². The van der Waals surface area contributed by atoms with E-state index in [1.165, 1.54) is 0 Å². The lowest BCUT2D eigenvalue weighted by Gasteiger charge is -2.17. The van der Waals surface area contributed by atoms with Crippen LogP contribution in [0.15, 0.2) is 0 Å². The van der Waals surface area contributed by atoms with Crippen LogP contribution in [-0.4, -0.2) is 17.5 Å². The van der Waals surface area contributed by atoms with Crippen LogP contribution in [0, 0.1) is 0 Å². The largest absolute Gasteiger partial charge is 0.364 e. The van der Waals surface area contributed by atoms with Gasteiger partial charge in [0.15, 0.2) is 5.78 Å². The van der Waals surface area contributed by atoms with Crippen LogP contribution in [0.1, 0.15) is 27.2 Å². The van der Waals surface area contributed by atoms with Gasteiger partial charge in [0.1, 0.15) is 6.10 Å². The molecule has 1 aliphatic carbocycles. The summed E-state index contributed by atoms with van der Waals surface area (Å²) in [5, 5.41) is 0. The van der Waals surface area contributed by atoms with Crippen LogP contribution < -0.4 is 0 Å². The molecule has 1 rings (SSSR count). The lowest BCUT2D eigenvalue weighted by molar-refractivity contribution is -0.117. The number of ether oxygens (including phenoxy) is 1. The van der Waals surface area contributed by atoms with E-state index in [2.05, 4.69) is 0 Å². The maximum atomic E-state index is 10.4. The molecule has 2 nitrogen and oxygen atoms in total. The summed E-state index contributed by atoms with van der Waals surface area (Å²) in [4.78, 5) is 10.4. The van der Waals surface area contributed by atoms with Gasteiger partial charge in [-0.3, -0.25) is 4.79 Å². The van der Waals surface area contributed by atoms with Crippen LogP contribution in [0.5, 0.6) is 0 Å². The number of carbonyl (C=O) groups excluding carboxylic acids is 1. The summed E-state index contributed by atoms with van der Waals surface area (Å²) in [6.45, 7) is 5.87. The van der Waals surface area contributed by atoms with Crippen LogP contribution in [0.2, 0.25) is 0 Å². The molecule has 1 aliphatic rings. The van der Waals surface area contributed by atoms with Gasteiger partial charge in [-0.05, 0) is 20.8 Å². The van der Waals surface area contributed by atoms with Crippen LogP contribution >= 0.6 is 0 Å². The summed E-state index contributed by atoms with van der Waals surface area (Å²) in [6.07, 6.45) is 0.544. The highest BCUT2D eigenvalue weighted by atomic mass is 16.5. The number of Topliss-reactive ketones (excluding diaryl/α,β-unsaturated/α-hetero) is 1. The molecule has 0 bridgehead atoms. The fraction of sp³-hybridized carbons (Fsp3) is 0.857. The molecule has 2 heteroatoms. The molecule has 1 unspecified atom stereocenters. The molecule has 1 atom stereocenters. The predicted octanol–water partition coefficient (Wildman–Crippen LogP) is 1.14. The van der Waals surface area contributed by atoms with E-state index in [-0.39, 0.29) is 17.5 Å². The van der Waals surface area contributed by atoms with Crippen molar-refractivity contribution in [1.82, 2.24) is 0 Å². The van der Waals surface area contributed by atoms with Crippen molar-refractivity contribution < 1.29 is 9.53 Å². The normalized spacial score (nSPS) is 26.6. The number of hydrogen-bond acceptors (Lipinski definition) is 2. The quantitative estimate of drug-likeness (QED) is 0.529. The maximum Gasteiger partial charge on any atom is 0.165 e. The zero-order valence-corrected chi connectivity index (χ0v) is 6.10. The Labute approximate surface area is 55.2 Å². The summed E-state index contributed by atoms with van der Waals surface area (Å²) in [7, 11) is 0. The number of hydrogen-bond donors (Lipinski definition) is 0. The fourth-order valence-corrected chi connectivity index (χ4v) is 0.658. The van der Waals surface area contributed by atoms with Gasteiger partial charge in [-0.2, -0.15) is 0 Å². The molecule has 0 radical (unpaired) electrons. The van der Waals surface area contributed by atoms with E-state index in [4.69, 9.17) is 4.74 Å². The molecule has 1 fully saturated rings. The van der Waals surface area contributed by atoms with Crippen molar-refractivity contribution in [2.45, 2.75) is 38.9 Å². The Morgan fingerprint density at radius 2 is 2.00 bits per heavy atom. The number of ketones is 1. The van der Waals surface area contributed by atoms with Crippen molar-refractivity contribution in [3.05, 3.63) is 0 Å². The zero-order chi connectivity index (χ0) is 7.07. The van der Waals surface area contributed by atoms with Gasteiger partial charge in [-0.15, -0.1) is 0 Å². The van der Waals surface area contributed by atoms with E-state index in [1.807, 2.05) is 20.8 Å². The van der Waals surface area contributed by atoms with Gasteiger partial charge in [0.05, 0.1) is 5.60 Å². The van der Waals surface area contributed by atoms with Gasteiger partial charge in [-0.1, -0.05) is 0 Å². The molecule has 0 N–H and O–H groups in total. The highest BCUT2D eigenvalue weighted by molar-refractivity contribution is 5.98. The first kappa shape index (κ1) is 6.75. The molecule has 0 aromatic carbocycles. The molecule has 0 aliphatic heterocycles. The topological polar surface area (TPSA) is 26.3 Å². The van der Waals surface area contributed by atoms with Gasteiger partial charge in [0.2, 0.25) is 0 Å². The highest BCUT2D eigenvalue weighted by Gasteiger charge is 2.38. The first-order valence-corrected chi connectivity index (χ1v) is 3.19. The van der Waals surface area contributed by atoms with Crippen molar-refractivity contribution in [2.75, 3.05) is 0 Å². The Bertz CT molecular complexity index is 132. The highest BCUT2D eigenvalue weighted by Crippen LogP contribution is 2.24. The van der Waals surface area contributed by atoms with E-state index in [1.54, 1.807) is 0 Å². The van der Waals surface area contributed by atoms with Crippen molar-refractivity contribution in [2.24, 2.45) is 0 Å². The Kier molecular flexibility index (Phi) is 1.35. The Hall–Kier alpha value is -0.370. The number of rotatable bonds is 1. The van der Waals surface area contributed by atoms with E-state index >= 15 is 0 Å². The molecule has 1 saturated carbocycles. The molecule has 0 amide bonds. The third kappa shape index (κ3) is 2.14. The molecule has 9 heavy (non-hydrogen) atoms. The summed E-state index contributed by atoms with van der Waals surface area (Å²) in [5.74, 6) is 0.241. The summed E-state index contributed by atoms with van der Waals surface area (Å²) in [5.41, 5.74) is -0.156. The van der Waals surface area contributed by atoms with E-state index in [0.717, 1.165) is 0 Å². The minimum absolute atomic E-state index is 0.0787. The van der Waals surface area contributed by atoms with Crippen LogP contribution in [0.4, 0.5) is 0 Å². The molecular weight excluding hydrogens is 116 g/mol. The van der Waals surface area contributed by atoms with Crippen LogP contribution in [0.25, 0.3) is 0 Å². The van der Waals surface area contributed by atoms with E-state index in [0.29, 0.717) is 6.42 Å². The Balaban J connectivity index is 2.27. The molecule has 0 aromatic heterocycles. The van der Waals surface area contributed by atoms with E-state index < -0.39 is 0 Å². The molecule has 0 spiro atoms. The van der Waals surface area contributed by atoms with Gasteiger partial charge in [-0.25, -0.2) is 0 Å². The van der Waals surface area contributed by atoms with Gasteiger partial charge in [0.25, 0.3) is 0 Å². The average molecular weight is 128 g/mol. The fourth-order valence-electron chi connectivity index (χ4n) is 0.658. The third-order valence-electron chi connectivity index (χ3n) is 1.08. The van der Waals surface area contributed by atoms with Crippen molar-refractivity contribution >= 4 is 5.78 Å². The van der Waals surface area contributed by atoms with Gasteiger partial charge in [0, 0.05) is 6.42 Å². The molecule has 0 aromatic rings. The van der Waals surface area contributed by atoms with E-state index in [9.17, 15) is 4.79 Å². The second-order valence-corrected chi connectivity index (χ2v) is 3.39. The molecular formula is C7H12O2. The van der Waals surface area contributed by atoms with Crippen LogP contribution in [-0.2, 0) is 9.53 Å². The SMILES string of the molecule is CC(C)(C)OC1CC1=O. The summed E-state index contributed by atoms with van der Waals surface area (Å²) in [6, 6.07) is 0. The first-order chi connectivity index (χ1) is 3.99. The first-order valence-electron chi connectivity index (χ1n) is 3.19. The monoisotopic (exact) mass is 128 g/mol. The standard InChI is InChI=1S/C7H12O2/c1-7(2,3)9-6-4-5(6)8/h6H,4H2,1-3H3. The van der Waals surface area contributed by atoms with Crippen molar-refractivity contribution in [3.63, 3.8) is 0 Å². The minimum atomic E-state index is -0.156. The Morgan fingerprint density at radius 1 is 1.56 bits per heavy atom. The lowest BCUT2D eigenvalue weighted by Crippen LogP contribution is -2.21. The van der Waals surface area contributed by atoms with Crippen molar-refractivity contribution in [1.29, 1.82) is 0 Å². The minimum Gasteiger partial charge on any atom is -0.364 e. The summed E-state index contributed by atoms with van der Waals surface area (Å²) >= 11 is 0. The third-order valence-corrected chi connectivity index (χ3v) is 1.08. The number of carbonyl (C=O) groups is 1. The van der Waals surface area contributed by atoms with Crippen LogP contribution in [0.3, 0.4) is 0 Å². The lowest BCUT2D eigenvalue weighted by atomic mass is 10.2. The average Bonchev–Trinajstić information content (AvgIpc) is 2.13. The smallest absolute Gasteiger partial charge is 0.165 e. The second kappa shape index (κ2) is 1.81. The zero-order valence-electron chi connectivity index (χ0n) is 6.10. The predicted molar refractivity (Wildman–Crippen MR) is 34.2 cm³/mol. The van der Waals surface area contributed by atoms with Crippen molar-refractivity contribution in [3.8, 4) is 0 Å². The summed E-state index contributed by atoms with van der Waals surface area (Å²) < 4.78 is 5.31. The second-order valence-electron chi connectivity index (χ2n) is 3.39. The molecule has 0 saturated heterocycles. The van der Waals surface area contributed by atoms with Gasteiger partial charge >= 0.3 is 0 Å². The molecule has 52 valence electrons.